The van der Waals surface area contributed by atoms with Gasteiger partial charge in [-0.15, -0.1) is 0 Å². The molecule has 0 aromatic heterocycles. The van der Waals surface area contributed by atoms with Crippen molar-refractivity contribution in [2.24, 2.45) is 0 Å². The van der Waals surface area contributed by atoms with Crippen molar-refractivity contribution in [3.63, 3.8) is 0 Å². The van der Waals surface area contributed by atoms with E-state index in [0.29, 0.717) is 13.0 Å². The van der Waals surface area contributed by atoms with E-state index in [0.717, 1.165) is 18.4 Å². The lowest BCUT2D eigenvalue weighted by atomic mass is 10.1. The van der Waals surface area contributed by atoms with Gasteiger partial charge in [-0.25, -0.2) is 4.39 Å². The summed E-state index contributed by atoms with van der Waals surface area (Å²) < 4.78 is 13.0. The van der Waals surface area contributed by atoms with Gasteiger partial charge >= 0.3 is 0 Å². The summed E-state index contributed by atoms with van der Waals surface area (Å²) in [4.78, 5) is 26.3. The third kappa shape index (κ3) is 6.00. The predicted molar refractivity (Wildman–Crippen MR) is 89.2 cm³/mol. The fraction of sp³-hybridized carbons (Fsp3) is 0.556. The van der Waals surface area contributed by atoms with E-state index in [-0.39, 0.29) is 23.7 Å². The Kier molecular flexibility index (Phi) is 7.72. The molecule has 2 atom stereocenters. The van der Waals surface area contributed by atoms with Crippen LogP contribution in [-0.2, 0) is 16.1 Å². The first-order chi connectivity index (χ1) is 10.9. The molecule has 0 unspecified atom stereocenters. The lowest BCUT2D eigenvalue weighted by molar-refractivity contribution is -0.140. The van der Waals surface area contributed by atoms with Gasteiger partial charge in [0.05, 0.1) is 0 Å². The number of hydrogen-bond acceptors (Lipinski definition) is 2. The predicted octanol–water partition coefficient (Wildman–Crippen LogP) is 3.26. The monoisotopic (exact) mass is 322 g/mol. The number of carbonyl (C=O) groups excluding carboxylic acids is 2. The molecule has 23 heavy (non-hydrogen) atoms. The first kappa shape index (κ1) is 19.1. The number of nitrogens with zero attached hydrogens (tertiary/aromatic N) is 1. The molecule has 0 aliphatic heterocycles. The highest BCUT2D eigenvalue weighted by molar-refractivity contribution is 5.87. The van der Waals surface area contributed by atoms with Crippen LogP contribution in [0.15, 0.2) is 24.3 Å². The van der Waals surface area contributed by atoms with Crippen LogP contribution in [0, 0.1) is 5.82 Å². The van der Waals surface area contributed by atoms with Crippen molar-refractivity contribution in [2.45, 2.75) is 65.6 Å². The number of hydrogen-bond donors (Lipinski definition) is 1. The second kappa shape index (κ2) is 9.28. The Balaban J connectivity index is 2.88. The largest absolute Gasteiger partial charge is 0.352 e. The zero-order chi connectivity index (χ0) is 17.4. The Morgan fingerprint density at radius 3 is 2.30 bits per heavy atom. The highest BCUT2D eigenvalue weighted by Crippen LogP contribution is 2.13. The van der Waals surface area contributed by atoms with Gasteiger partial charge in [0, 0.05) is 19.0 Å². The topological polar surface area (TPSA) is 49.4 Å². The Labute approximate surface area is 138 Å². The minimum Gasteiger partial charge on any atom is -0.352 e. The number of rotatable bonds is 8. The normalized spacial score (nSPS) is 13.3. The van der Waals surface area contributed by atoms with Gasteiger partial charge in [0.2, 0.25) is 11.8 Å². The van der Waals surface area contributed by atoms with Crippen LogP contribution in [0.3, 0.4) is 0 Å². The van der Waals surface area contributed by atoms with Crippen LogP contribution in [0.1, 0.15) is 52.5 Å². The molecule has 0 bridgehead atoms. The Morgan fingerprint density at radius 1 is 1.17 bits per heavy atom. The van der Waals surface area contributed by atoms with Crippen molar-refractivity contribution < 1.29 is 14.0 Å². The maximum absolute atomic E-state index is 13.0. The van der Waals surface area contributed by atoms with E-state index in [9.17, 15) is 14.0 Å². The minimum atomic E-state index is -0.562. The van der Waals surface area contributed by atoms with E-state index in [1.807, 2.05) is 20.8 Å². The van der Waals surface area contributed by atoms with E-state index >= 15 is 0 Å². The molecule has 5 heteroatoms. The van der Waals surface area contributed by atoms with Gasteiger partial charge < -0.3 is 10.2 Å². The average Bonchev–Trinajstić information content (AvgIpc) is 2.53. The summed E-state index contributed by atoms with van der Waals surface area (Å²) in [6, 6.07) is 5.51. The Bertz CT molecular complexity index is 516. The maximum Gasteiger partial charge on any atom is 0.242 e. The van der Waals surface area contributed by atoms with E-state index in [1.54, 1.807) is 24.0 Å². The highest BCUT2D eigenvalue weighted by Gasteiger charge is 2.26. The zero-order valence-corrected chi connectivity index (χ0v) is 14.4. The molecule has 0 radical (unpaired) electrons. The molecule has 1 rings (SSSR count). The molecule has 1 aromatic carbocycles. The van der Waals surface area contributed by atoms with Crippen LogP contribution >= 0.6 is 0 Å². The second-order valence-corrected chi connectivity index (χ2v) is 5.89. The summed E-state index contributed by atoms with van der Waals surface area (Å²) in [7, 11) is 0. The quantitative estimate of drug-likeness (QED) is 0.798. The molecule has 0 fully saturated rings. The van der Waals surface area contributed by atoms with Crippen molar-refractivity contribution in [3.8, 4) is 0 Å². The summed E-state index contributed by atoms with van der Waals surface area (Å²) in [5.74, 6) is -0.544. The molecule has 2 amide bonds. The lowest BCUT2D eigenvalue weighted by Gasteiger charge is -2.29. The molecule has 0 saturated heterocycles. The van der Waals surface area contributed by atoms with Crippen molar-refractivity contribution >= 4 is 11.8 Å². The van der Waals surface area contributed by atoms with E-state index < -0.39 is 6.04 Å². The van der Waals surface area contributed by atoms with Crippen LogP contribution in [0.2, 0.25) is 0 Å². The fourth-order valence-electron chi connectivity index (χ4n) is 2.19. The summed E-state index contributed by atoms with van der Waals surface area (Å²) in [5, 5.41) is 2.91. The first-order valence-electron chi connectivity index (χ1n) is 8.23. The van der Waals surface area contributed by atoms with E-state index in [1.165, 1.54) is 12.1 Å². The summed E-state index contributed by atoms with van der Waals surface area (Å²) in [6.07, 6.45) is 1.94. The first-order valence-corrected chi connectivity index (χ1v) is 8.23. The van der Waals surface area contributed by atoms with Crippen molar-refractivity contribution in [1.29, 1.82) is 0 Å². The molecule has 128 valence electrons. The molecule has 0 heterocycles. The maximum atomic E-state index is 13.0. The van der Waals surface area contributed by atoms with Crippen LogP contribution in [0.5, 0.6) is 0 Å². The second-order valence-electron chi connectivity index (χ2n) is 5.89. The molecule has 0 spiro atoms. The molecule has 0 aliphatic rings. The van der Waals surface area contributed by atoms with Gasteiger partial charge in [0.1, 0.15) is 11.9 Å². The van der Waals surface area contributed by atoms with Gasteiger partial charge in [-0.2, -0.15) is 0 Å². The van der Waals surface area contributed by atoms with Crippen molar-refractivity contribution in [2.75, 3.05) is 0 Å². The summed E-state index contributed by atoms with van der Waals surface area (Å²) in [5.41, 5.74) is 0.805. The molecular formula is C18H27FN2O2. The summed E-state index contributed by atoms with van der Waals surface area (Å²) in [6.45, 7) is 7.89. The number of halogens is 1. The molecule has 1 aromatic rings. The van der Waals surface area contributed by atoms with Crippen molar-refractivity contribution in [3.05, 3.63) is 35.6 Å². The third-order valence-electron chi connectivity index (χ3n) is 3.90. The number of amides is 2. The highest BCUT2D eigenvalue weighted by atomic mass is 19.1. The van der Waals surface area contributed by atoms with E-state index in [2.05, 4.69) is 5.32 Å². The third-order valence-corrected chi connectivity index (χ3v) is 3.90. The van der Waals surface area contributed by atoms with Gasteiger partial charge in [-0.1, -0.05) is 26.0 Å². The van der Waals surface area contributed by atoms with Crippen LogP contribution in [0.4, 0.5) is 4.39 Å². The molecular weight excluding hydrogens is 295 g/mol. The molecule has 4 nitrogen and oxygen atoms in total. The zero-order valence-electron chi connectivity index (χ0n) is 14.4. The van der Waals surface area contributed by atoms with Gasteiger partial charge in [0.25, 0.3) is 0 Å². The lowest BCUT2D eigenvalue weighted by Crippen LogP contribution is -2.49. The van der Waals surface area contributed by atoms with Gasteiger partial charge in [-0.3, -0.25) is 9.59 Å². The summed E-state index contributed by atoms with van der Waals surface area (Å²) >= 11 is 0. The smallest absolute Gasteiger partial charge is 0.242 e. The molecule has 0 aliphatic carbocycles. The fourth-order valence-corrected chi connectivity index (χ4v) is 2.19. The SMILES string of the molecule is CCCC(=O)N(Cc1ccc(F)cc1)[C@@H](C)C(=O)N[C@@H](C)CC. The van der Waals surface area contributed by atoms with Crippen LogP contribution in [0.25, 0.3) is 0 Å². The van der Waals surface area contributed by atoms with Crippen molar-refractivity contribution in [1.82, 2.24) is 10.2 Å². The van der Waals surface area contributed by atoms with Crippen LogP contribution < -0.4 is 5.32 Å². The number of nitrogens with one attached hydrogen (secondary N) is 1. The average molecular weight is 322 g/mol. The standard InChI is InChI=1S/C18H27FN2O2/c1-5-7-17(22)21(12-15-8-10-16(19)11-9-15)14(4)18(23)20-13(3)6-2/h8-11,13-14H,5-7,12H2,1-4H3,(H,20,23)/t13-,14-/m0/s1. The molecule has 0 saturated carbocycles. The Morgan fingerprint density at radius 2 is 1.78 bits per heavy atom. The van der Waals surface area contributed by atoms with E-state index in [4.69, 9.17) is 0 Å². The van der Waals surface area contributed by atoms with Gasteiger partial charge in [0.15, 0.2) is 0 Å². The van der Waals surface area contributed by atoms with Gasteiger partial charge in [-0.05, 0) is 44.4 Å². The number of benzene rings is 1. The molecule has 1 N–H and O–H groups in total. The van der Waals surface area contributed by atoms with Crippen LogP contribution in [-0.4, -0.2) is 28.8 Å². The Hall–Kier alpha value is -1.91. The number of carbonyl (C=O) groups is 2. The minimum absolute atomic E-state index is 0.0661.